The van der Waals surface area contributed by atoms with Crippen molar-refractivity contribution in [1.82, 2.24) is 10.3 Å². The fourth-order valence-corrected chi connectivity index (χ4v) is 3.04. The molecule has 4 rings (SSSR count). The monoisotopic (exact) mass is 446 g/mol. The first kappa shape index (κ1) is 21.9. The molecule has 0 bridgehead atoms. The van der Waals surface area contributed by atoms with E-state index in [1.807, 2.05) is 19.1 Å². The van der Waals surface area contributed by atoms with Crippen LogP contribution in [0.5, 0.6) is 23.1 Å². The Morgan fingerprint density at radius 1 is 0.939 bits per heavy atom. The molecule has 0 spiro atoms. The first-order valence-electron chi connectivity index (χ1n) is 10.4. The van der Waals surface area contributed by atoms with Crippen LogP contribution in [-0.4, -0.2) is 24.1 Å². The lowest BCUT2D eigenvalue weighted by Crippen LogP contribution is -2.28. The lowest BCUT2D eigenvalue weighted by atomic mass is 10.2. The number of hydrogen-bond donors (Lipinski definition) is 1. The van der Waals surface area contributed by atoms with Gasteiger partial charge in [-0.25, -0.2) is 9.78 Å². The first-order chi connectivity index (χ1) is 16.1. The minimum Gasteiger partial charge on any atom is -0.494 e. The van der Waals surface area contributed by atoms with Crippen LogP contribution in [0.1, 0.15) is 12.5 Å². The highest BCUT2D eigenvalue weighted by Gasteiger charge is 2.07. The molecule has 4 aromatic rings. The molecule has 0 radical (unpaired) electrons. The number of fused-ring (bicyclic) bond motifs is 1. The van der Waals surface area contributed by atoms with Crippen LogP contribution in [0.3, 0.4) is 0 Å². The van der Waals surface area contributed by atoms with Crippen molar-refractivity contribution in [1.29, 1.82) is 0 Å². The van der Waals surface area contributed by atoms with Crippen molar-refractivity contribution in [2.75, 3.05) is 13.2 Å². The van der Waals surface area contributed by atoms with Crippen molar-refractivity contribution >= 4 is 16.9 Å². The Kier molecular flexibility index (Phi) is 6.84. The third kappa shape index (κ3) is 6.10. The maximum absolute atomic E-state index is 12.2. The Hall–Kier alpha value is -4.33. The van der Waals surface area contributed by atoms with E-state index in [4.69, 9.17) is 18.6 Å². The van der Waals surface area contributed by atoms with Gasteiger partial charge in [-0.2, -0.15) is 0 Å². The summed E-state index contributed by atoms with van der Waals surface area (Å²) in [5, 5.41) is 3.56. The maximum atomic E-state index is 12.2. The van der Waals surface area contributed by atoms with Crippen LogP contribution < -0.4 is 25.2 Å². The van der Waals surface area contributed by atoms with E-state index in [9.17, 15) is 9.59 Å². The van der Waals surface area contributed by atoms with Crippen molar-refractivity contribution in [2.24, 2.45) is 0 Å². The third-order valence-electron chi connectivity index (χ3n) is 4.61. The Bertz CT molecular complexity index is 1300. The van der Waals surface area contributed by atoms with Gasteiger partial charge in [0.1, 0.15) is 22.8 Å². The van der Waals surface area contributed by atoms with Crippen molar-refractivity contribution in [3.05, 3.63) is 88.9 Å². The molecule has 2 aromatic carbocycles. The quantitative estimate of drug-likeness (QED) is 0.387. The van der Waals surface area contributed by atoms with E-state index in [1.54, 1.807) is 54.7 Å². The van der Waals surface area contributed by atoms with E-state index in [0.29, 0.717) is 29.6 Å². The van der Waals surface area contributed by atoms with Crippen molar-refractivity contribution in [3.8, 4) is 23.1 Å². The summed E-state index contributed by atoms with van der Waals surface area (Å²) in [5.41, 5.74) is 0.782. The fraction of sp³-hybridized carbons (Fsp3) is 0.160. The summed E-state index contributed by atoms with van der Waals surface area (Å²) < 4.78 is 21.8. The fourth-order valence-electron chi connectivity index (χ4n) is 3.04. The number of ether oxygens (including phenoxy) is 3. The smallest absolute Gasteiger partial charge is 0.336 e. The summed E-state index contributed by atoms with van der Waals surface area (Å²) in [6.45, 7) is 2.63. The molecule has 168 valence electrons. The molecular formula is C25H22N2O6. The second kappa shape index (κ2) is 10.3. The number of aromatic nitrogens is 1. The lowest BCUT2D eigenvalue weighted by molar-refractivity contribution is -0.123. The molecule has 0 saturated heterocycles. The third-order valence-corrected chi connectivity index (χ3v) is 4.61. The molecule has 0 fully saturated rings. The molecule has 0 aliphatic heterocycles. The van der Waals surface area contributed by atoms with E-state index in [-0.39, 0.29) is 19.1 Å². The predicted octanol–water partition coefficient (Wildman–Crippen LogP) is 4.07. The summed E-state index contributed by atoms with van der Waals surface area (Å²) in [7, 11) is 0. The average molecular weight is 446 g/mol. The van der Waals surface area contributed by atoms with Gasteiger partial charge in [0, 0.05) is 36.3 Å². The first-order valence-corrected chi connectivity index (χ1v) is 10.4. The van der Waals surface area contributed by atoms with Gasteiger partial charge in [0.15, 0.2) is 6.61 Å². The van der Waals surface area contributed by atoms with Crippen molar-refractivity contribution < 1.29 is 23.4 Å². The minimum atomic E-state index is -0.444. The molecule has 33 heavy (non-hydrogen) atoms. The van der Waals surface area contributed by atoms with Gasteiger partial charge in [-0.3, -0.25) is 4.79 Å². The SMILES string of the molecule is CCOc1ccc(Oc2cc(CNC(=O)COc3ccc4ccc(=O)oc4c3)ccn2)cc1. The van der Waals surface area contributed by atoms with Crippen molar-refractivity contribution in [3.63, 3.8) is 0 Å². The van der Waals surface area contributed by atoms with Gasteiger partial charge >= 0.3 is 5.63 Å². The zero-order valence-electron chi connectivity index (χ0n) is 17.9. The van der Waals surface area contributed by atoms with E-state index in [0.717, 1.165) is 16.7 Å². The van der Waals surface area contributed by atoms with Gasteiger partial charge in [-0.15, -0.1) is 0 Å². The van der Waals surface area contributed by atoms with Crippen LogP contribution in [0.25, 0.3) is 11.0 Å². The van der Waals surface area contributed by atoms with Crippen LogP contribution >= 0.6 is 0 Å². The molecule has 0 atom stereocenters. The zero-order chi connectivity index (χ0) is 23.0. The molecule has 0 aliphatic rings. The highest BCUT2D eigenvalue weighted by molar-refractivity contribution is 5.79. The summed E-state index contributed by atoms with van der Waals surface area (Å²) in [6, 6.07) is 18.9. The predicted molar refractivity (Wildman–Crippen MR) is 122 cm³/mol. The number of pyridine rings is 1. The van der Waals surface area contributed by atoms with E-state index < -0.39 is 5.63 Å². The van der Waals surface area contributed by atoms with Gasteiger partial charge in [0.2, 0.25) is 5.88 Å². The van der Waals surface area contributed by atoms with E-state index in [1.165, 1.54) is 6.07 Å². The number of benzene rings is 2. The Morgan fingerprint density at radius 2 is 1.70 bits per heavy atom. The number of nitrogens with one attached hydrogen (secondary N) is 1. The number of amides is 1. The molecular weight excluding hydrogens is 424 g/mol. The van der Waals surface area contributed by atoms with Crippen LogP contribution in [0.4, 0.5) is 0 Å². The molecule has 8 nitrogen and oxygen atoms in total. The lowest BCUT2D eigenvalue weighted by Gasteiger charge is -2.10. The number of hydrogen-bond acceptors (Lipinski definition) is 7. The number of nitrogens with zero attached hydrogens (tertiary/aromatic N) is 1. The Labute approximate surface area is 189 Å². The molecule has 0 aliphatic carbocycles. The molecule has 1 N–H and O–H groups in total. The molecule has 0 saturated carbocycles. The van der Waals surface area contributed by atoms with Gasteiger partial charge in [-0.05, 0) is 61.0 Å². The molecule has 8 heteroatoms. The van der Waals surface area contributed by atoms with Gasteiger partial charge in [0.05, 0.1) is 6.61 Å². The second-order valence-electron chi connectivity index (χ2n) is 7.03. The largest absolute Gasteiger partial charge is 0.494 e. The topological polar surface area (TPSA) is 99.9 Å². The maximum Gasteiger partial charge on any atom is 0.336 e. The molecule has 0 unspecified atom stereocenters. The highest BCUT2D eigenvalue weighted by atomic mass is 16.5. The highest BCUT2D eigenvalue weighted by Crippen LogP contribution is 2.23. The normalized spacial score (nSPS) is 10.6. The molecule has 2 aromatic heterocycles. The zero-order valence-corrected chi connectivity index (χ0v) is 17.9. The summed E-state index contributed by atoms with van der Waals surface area (Å²) in [4.78, 5) is 27.8. The van der Waals surface area contributed by atoms with Crippen LogP contribution in [-0.2, 0) is 11.3 Å². The van der Waals surface area contributed by atoms with Gasteiger partial charge in [-0.1, -0.05) is 0 Å². The van der Waals surface area contributed by atoms with Crippen molar-refractivity contribution in [2.45, 2.75) is 13.5 Å². The van der Waals surface area contributed by atoms with E-state index >= 15 is 0 Å². The van der Waals surface area contributed by atoms with Gasteiger partial charge < -0.3 is 23.9 Å². The van der Waals surface area contributed by atoms with E-state index in [2.05, 4.69) is 10.3 Å². The number of rotatable bonds is 9. The average Bonchev–Trinajstić information content (AvgIpc) is 2.83. The van der Waals surface area contributed by atoms with Crippen LogP contribution in [0.2, 0.25) is 0 Å². The summed E-state index contributed by atoms with van der Waals surface area (Å²) >= 11 is 0. The molecule has 2 heterocycles. The number of carbonyl (C=O) groups excluding carboxylic acids is 1. The summed E-state index contributed by atoms with van der Waals surface area (Å²) in [5.74, 6) is 1.95. The minimum absolute atomic E-state index is 0.177. The van der Waals surface area contributed by atoms with Crippen LogP contribution in [0, 0.1) is 0 Å². The van der Waals surface area contributed by atoms with Gasteiger partial charge in [0.25, 0.3) is 5.91 Å². The van der Waals surface area contributed by atoms with Crippen LogP contribution in [0.15, 0.2) is 82.1 Å². The Morgan fingerprint density at radius 3 is 2.52 bits per heavy atom. The standard InChI is InChI=1S/C25H22N2O6/c1-2-30-19-6-8-20(9-7-19)32-24-13-17(11-12-26-24)15-27-23(28)16-31-21-5-3-18-4-10-25(29)33-22(18)14-21/h3-14H,2,15-16H2,1H3,(H,27,28). The second-order valence-corrected chi connectivity index (χ2v) is 7.03. The molecule has 1 amide bonds. The summed E-state index contributed by atoms with van der Waals surface area (Å²) in [6.07, 6.45) is 1.62. The Balaban J connectivity index is 1.29. The number of carbonyl (C=O) groups is 1.